The predicted molar refractivity (Wildman–Crippen MR) is 139 cm³/mol. The second-order valence-corrected chi connectivity index (χ2v) is 11.1. The molecule has 0 bridgehead atoms. The Morgan fingerprint density at radius 3 is 2.28 bits per heavy atom. The van der Waals surface area contributed by atoms with Gasteiger partial charge in [-0.1, -0.05) is 48.0 Å². The number of carbonyl (C=O) groups is 2. The predicted octanol–water partition coefficient (Wildman–Crippen LogP) is 2.89. The highest BCUT2D eigenvalue weighted by atomic mass is 35.5. The minimum absolute atomic E-state index is 0.0561. The zero-order valence-electron chi connectivity index (χ0n) is 20.8. The fourth-order valence-corrected chi connectivity index (χ4v) is 5.85. The lowest BCUT2D eigenvalue weighted by atomic mass is 10.0. The lowest BCUT2D eigenvalue weighted by molar-refractivity contribution is -0.137. The number of amides is 2. The number of aryl methyl sites for hydroxylation is 1. The van der Waals surface area contributed by atoms with Crippen molar-refractivity contribution in [2.45, 2.75) is 37.2 Å². The van der Waals surface area contributed by atoms with Gasteiger partial charge in [0.25, 0.3) is 0 Å². The largest absolute Gasteiger partial charge is 0.383 e. The number of nitrogens with zero attached hydrogens (tertiary/aromatic N) is 3. The Hall–Kier alpha value is -2.46. The maximum Gasteiger partial charge on any atom is 0.243 e. The Morgan fingerprint density at radius 2 is 1.69 bits per heavy atom. The first-order valence-corrected chi connectivity index (χ1v) is 14.0. The van der Waals surface area contributed by atoms with Crippen LogP contribution in [0.5, 0.6) is 0 Å². The maximum atomic E-state index is 13.7. The lowest BCUT2D eigenvalue weighted by Gasteiger charge is -2.39. The number of rotatable bonds is 11. The number of benzene rings is 2. The van der Waals surface area contributed by atoms with Crippen LogP contribution in [0.4, 0.5) is 0 Å². The molecule has 1 aliphatic rings. The zero-order valence-corrected chi connectivity index (χ0v) is 22.4. The van der Waals surface area contributed by atoms with E-state index in [1.54, 1.807) is 28.0 Å². The standard InChI is InChI=1S/C26H34ClN3O5S/c1-21-8-10-22(11-9-21)19-30(23-12-14-28(15-13-23)25(31)18-27)26(32)20-29(16-17-35-2)36(33,34)24-6-4-3-5-7-24/h3-11,23H,12-20H2,1-2H3. The summed E-state index contributed by atoms with van der Waals surface area (Å²) in [6.07, 6.45) is 1.20. The van der Waals surface area contributed by atoms with Crippen molar-refractivity contribution in [2.75, 3.05) is 45.8 Å². The number of piperidine rings is 1. The molecule has 0 saturated carbocycles. The summed E-state index contributed by atoms with van der Waals surface area (Å²) in [6.45, 7) is 3.28. The van der Waals surface area contributed by atoms with Crippen molar-refractivity contribution in [2.24, 2.45) is 0 Å². The van der Waals surface area contributed by atoms with Crippen LogP contribution >= 0.6 is 11.6 Å². The smallest absolute Gasteiger partial charge is 0.243 e. The Balaban J connectivity index is 1.84. The van der Waals surface area contributed by atoms with Crippen LogP contribution in [-0.4, -0.2) is 86.2 Å². The van der Waals surface area contributed by atoms with Gasteiger partial charge in [0.05, 0.1) is 18.0 Å². The van der Waals surface area contributed by atoms with E-state index in [2.05, 4.69) is 0 Å². The number of hydrogen-bond donors (Lipinski definition) is 0. The first-order chi connectivity index (χ1) is 17.3. The van der Waals surface area contributed by atoms with Gasteiger partial charge in [0.1, 0.15) is 5.88 Å². The summed E-state index contributed by atoms with van der Waals surface area (Å²) in [5.74, 6) is -0.470. The van der Waals surface area contributed by atoms with Crippen molar-refractivity contribution < 1.29 is 22.7 Å². The summed E-state index contributed by atoms with van der Waals surface area (Å²) < 4.78 is 33.0. The van der Waals surface area contributed by atoms with Crippen LogP contribution in [0, 0.1) is 6.92 Å². The summed E-state index contributed by atoms with van der Waals surface area (Å²) in [6, 6.07) is 15.9. The number of sulfonamides is 1. The van der Waals surface area contributed by atoms with Gasteiger partial charge in [-0.3, -0.25) is 9.59 Å². The minimum atomic E-state index is -3.90. The highest BCUT2D eigenvalue weighted by Gasteiger charge is 2.33. The zero-order chi connectivity index (χ0) is 26.1. The number of carbonyl (C=O) groups excluding carboxylic acids is 2. The Bertz CT molecular complexity index is 1100. The molecule has 0 unspecified atom stereocenters. The van der Waals surface area contributed by atoms with Crippen LogP contribution in [0.2, 0.25) is 0 Å². The number of methoxy groups -OCH3 is 1. The van der Waals surface area contributed by atoms with Crippen molar-refractivity contribution in [1.82, 2.24) is 14.1 Å². The Morgan fingerprint density at radius 1 is 1.06 bits per heavy atom. The first-order valence-electron chi connectivity index (χ1n) is 12.0. The van der Waals surface area contributed by atoms with Crippen LogP contribution in [-0.2, 0) is 30.9 Å². The monoisotopic (exact) mass is 535 g/mol. The van der Waals surface area contributed by atoms with Gasteiger partial charge in [-0.05, 0) is 37.5 Å². The van der Waals surface area contributed by atoms with Crippen LogP contribution in [0.1, 0.15) is 24.0 Å². The molecule has 2 aromatic rings. The summed E-state index contributed by atoms with van der Waals surface area (Å²) in [4.78, 5) is 29.3. The van der Waals surface area contributed by atoms with E-state index in [0.29, 0.717) is 32.5 Å². The van der Waals surface area contributed by atoms with E-state index in [1.165, 1.54) is 23.5 Å². The molecular formula is C26H34ClN3O5S. The molecule has 1 aliphatic heterocycles. The molecule has 8 nitrogen and oxygen atoms in total. The van der Waals surface area contributed by atoms with Crippen LogP contribution < -0.4 is 0 Å². The molecule has 3 rings (SSSR count). The average Bonchev–Trinajstić information content (AvgIpc) is 2.90. The Kier molecular flexibility index (Phi) is 10.3. The third kappa shape index (κ3) is 7.29. The van der Waals surface area contributed by atoms with Crippen molar-refractivity contribution in [3.8, 4) is 0 Å². The molecule has 2 aromatic carbocycles. The van der Waals surface area contributed by atoms with Crippen molar-refractivity contribution >= 4 is 33.4 Å². The fourth-order valence-electron chi connectivity index (χ4n) is 4.28. The van der Waals surface area contributed by atoms with Crippen molar-refractivity contribution in [3.05, 3.63) is 65.7 Å². The minimum Gasteiger partial charge on any atom is -0.383 e. The van der Waals surface area contributed by atoms with E-state index >= 15 is 0 Å². The van der Waals surface area contributed by atoms with E-state index in [-0.39, 0.29) is 48.3 Å². The molecule has 0 aromatic heterocycles. The summed E-state index contributed by atoms with van der Waals surface area (Å²) in [5.41, 5.74) is 2.08. The molecule has 2 amide bonds. The average molecular weight is 536 g/mol. The third-order valence-corrected chi connectivity index (χ3v) is 8.49. The van der Waals surface area contributed by atoms with E-state index < -0.39 is 10.0 Å². The second kappa shape index (κ2) is 13.2. The van der Waals surface area contributed by atoms with Crippen LogP contribution in [0.3, 0.4) is 0 Å². The van der Waals surface area contributed by atoms with Gasteiger partial charge in [0, 0.05) is 39.3 Å². The molecule has 0 atom stereocenters. The summed E-state index contributed by atoms with van der Waals surface area (Å²) >= 11 is 5.72. The van der Waals surface area contributed by atoms with Crippen LogP contribution in [0.25, 0.3) is 0 Å². The molecular weight excluding hydrogens is 502 g/mol. The quantitative estimate of drug-likeness (QED) is 0.413. The van der Waals surface area contributed by atoms with Crippen molar-refractivity contribution in [3.63, 3.8) is 0 Å². The first kappa shape index (κ1) is 28.1. The Labute approximate surface area is 218 Å². The molecule has 0 spiro atoms. The number of hydrogen-bond acceptors (Lipinski definition) is 5. The molecule has 0 aliphatic carbocycles. The fraction of sp³-hybridized carbons (Fsp3) is 0.462. The number of ether oxygens (including phenoxy) is 1. The number of alkyl halides is 1. The molecule has 10 heteroatoms. The topological polar surface area (TPSA) is 87.2 Å². The molecule has 36 heavy (non-hydrogen) atoms. The van der Waals surface area contributed by atoms with Gasteiger partial charge in [-0.15, -0.1) is 11.6 Å². The van der Waals surface area contributed by atoms with Gasteiger partial charge < -0.3 is 14.5 Å². The van der Waals surface area contributed by atoms with E-state index in [4.69, 9.17) is 16.3 Å². The highest BCUT2D eigenvalue weighted by Crippen LogP contribution is 2.22. The van der Waals surface area contributed by atoms with Gasteiger partial charge >= 0.3 is 0 Å². The molecule has 0 radical (unpaired) electrons. The highest BCUT2D eigenvalue weighted by molar-refractivity contribution is 7.89. The summed E-state index contributed by atoms with van der Waals surface area (Å²) in [7, 11) is -2.40. The molecule has 1 heterocycles. The SMILES string of the molecule is COCCN(CC(=O)N(Cc1ccc(C)cc1)C1CCN(C(=O)CCl)CC1)S(=O)(=O)c1ccccc1. The second-order valence-electron chi connectivity index (χ2n) is 8.90. The molecule has 0 N–H and O–H groups in total. The van der Waals surface area contributed by atoms with Gasteiger partial charge in [-0.25, -0.2) is 8.42 Å². The van der Waals surface area contributed by atoms with E-state index in [1.807, 2.05) is 31.2 Å². The van der Waals surface area contributed by atoms with E-state index in [0.717, 1.165) is 11.1 Å². The normalized spacial score (nSPS) is 14.7. The molecule has 196 valence electrons. The molecule has 1 fully saturated rings. The maximum absolute atomic E-state index is 13.7. The van der Waals surface area contributed by atoms with Gasteiger partial charge in [0.2, 0.25) is 21.8 Å². The van der Waals surface area contributed by atoms with Crippen LogP contribution in [0.15, 0.2) is 59.5 Å². The number of likely N-dealkylation sites (tertiary alicyclic amines) is 1. The number of halogens is 1. The van der Waals surface area contributed by atoms with E-state index in [9.17, 15) is 18.0 Å². The van der Waals surface area contributed by atoms with Gasteiger partial charge in [0.15, 0.2) is 0 Å². The summed E-state index contributed by atoms with van der Waals surface area (Å²) in [5, 5.41) is 0. The van der Waals surface area contributed by atoms with Crippen molar-refractivity contribution in [1.29, 1.82) is 0 Å². The lowest BCUT2D eigenvalue weighted by Crippen LogP contribution is -2.51. The third-order valence-electron chi connectivity index (χ3n) is 6.40. The molecule has 1 saturated heterocycles. The van der Waals surface area contributed by atoms with Gasteiger partial charge in [-0.2, -0.15) is 4.31 Å².